The number of aliphatic carboxylic acids is 1. The van der Waals surface area contributed by atoms with Crippen LogP contribution in [0.2, 0.25) is 0 Å². The van der Waals surface area contributed by atoms with Gasteiger partial charge in [-0.3, -0.25) is 0 Å². The monoisotopic (exact) mass is 296 g/mol. The van der Waals surface area contributed by atoms with Crippen molar-refractivity contribution in [1.29, 1.82) is 0 Å². The molecule has 3 atom stereocenters. The van der Waals surface area contributed by atoms with E-state index in [1.54, 1.807) is 17.0 Å². The number of carbonyl (C=O) groups is 2. The Balaban J connectivity index is 2.10. The van der Waals surface area contributed by atoms with Gasteiger partial charge in [0.25, 0.3) is 0 Å². The van der Waals surface area contributed by atoms with E-state index in [9.17, 15) is 14.7 Å². The average molecular weight is 296 g/mol. The lowest BCUT2D eigenvalue weighted by Crippen LogP contribution is -2.53. The number of piperidine rings is 1. The Morgan fingerprint density at radius 2 is 2.05 bits per heavy atom. The minimum absolute atomic E-state index is 0.150. The predicted molar refractivity (Wildman–Crippen MR) is 77.8 cm³/mol. The van der Waals surface area contributed by atoms with Crippen molar-refractivity contribution in [2.45, 2.75) is 51.2 Å². The lowest BCUT2D eigenvalue weighted by Gasteiger charge is -2.39. The number of hydrogen-bond donors (Lipinski definition) is 2. The van der Waals surface area contributed by atoms with E-state index in [1.165, 1.54) is 11.3 Å². The van der Waals surface area contributed by atoms with Crippen molar-refractivity contribution >= 4 is 23.3 Å². The highest BCUT2D eigenvalue weighted by Gasteiger charge is 2.32. The fraction of sp³-hybridized carbons (Fsp3) is 0.571. The molecule has 0 aromatic carbocycles. The summed E-state index contributed by atoms with van der Waals surface area (Å²) in [5, 5.41) is 13.8. The van der Waals surface area contributed by atoms with Gasteiger partial charge in [0, 0.05) is 17.0 Å². The van der Waals surface area contributed by atoms with Gasteiger partial charge in [0.2, 0.25) is 0 Å². The first-order chi connectivity index (χ1) is 9.50. The van der Waals surface area contributed by atoms with E-state index in [2.05, 4.69) is 5.32 Å². The first-order valence-electron chi connectivity index (χ1n) is 6.85. The second kappa shape index (κ2) is 6.26. The number of nitrogens with zero attached hydrogens (tertiary/aromatic N) is 1. The zero-order valence-electron chi connectivity index (χ0n) is 11.7. The van der Waals surface area contributed by atoms with Crippen LogP contribution in [0.25, 0.3) is 0 Å². The molecule has 6 heteroatoms. The Bertz CT molecular complexity index is 465. The number of urea groups is 1. The largest absolute Gasteiger partial charge is 0.479 e. The van der Waals surface area contributed by atoms with E-state index >= 15 is 0 Å². The number of hydrogen-bond acceptors (Lipinski definition) is 3. The number of carbonyl (C=O) groups excluding carboxylic acids is 1. The molecule has 1 aliphatic heterocycles. The van der Waals surface area contributed by atoms with E-state index in [0.717, 1.165) is 19.3 Å². The number of nitrogens with one attached hydrogen (secondary N) is 1. The molecule has 1 aliphatic rings. The molecular formula is C14H20N2O3S. The van der Waals surface area contributed by atoms with Gasteiger partial charge in [0.15, 0.2) is 6.04 Å². The van der Waals surface area contributed by atoms with Gasteiger partial charge in [0.1, 0.15) is 0 Å². The molecular weight excluding hydrogens is 276 g/mol. The number of amides is 2. The minimum Gasteiger partial charge on any atom is -0.479 e. The van der Waals surface area contributed by atoms with Gasteiger partial charge in [-0.15, -0.1) is 11.3 Å². The molecule has 20 heavy (non-hydrogen) atoms. The summed E-state index contributed by atoms with van der Waals surface area (Å²) in [7, 11) is 0. The van der Waals surface area contributed by atoms with Crippen molar-refractivity contribution in [3.63, 3.8) is 0 Å². The molecule has 1 saturated heterocycles. The van der Waals surface area contributed by atoms with Crippen molar-refractivity contribution in [3.8, 4) is 0 Å². The highest BCUT2D eigenvalue weighted by atomic mass is 32.1. The lowest BCUT2D eigenvalue weighted by molar-refractivity contribution is -0.139. The summed E-state index contributed by atoms with van der Waals surface area (Å²) in [5.74, 6) is -1.03. The maximum atomic E-state index is 12.4. The summed E-state index contributed by atoms with van der Waals surface area (Å²) in [6.45, 7) is 4.02. The summed E-state index contributed by atoms with van der Waals surface area (Å²) >= 11 is 1.34. The van der Waals surface area contributed by atoms with E-state index in [1.807, 2.05) is 19.2 Å². The van der Waals surface area contributed by atoms with Crippen LogP contribution in [0, 0.1) is 0 Å². The second-order valence-electron chi connectivity index (χ2n) is 5.27. The van der Waals surface area contributed by atoms with Gasteiger partial charge >= 0.3 is 12.0 Å². The number of carboxylic acids is 1. The Morgan fingerprint density at radius 3 is 2.55 bits per heavy atom. The molecule has 2 heterocycles. The van der Waals surface area contributed by atoms with E-state index in [0.29, 0.717) is 4.88 Å². The molecule has 1 aromatic heterocycles. The first kappa shape index (κ1) is 14.8. The van der Waals surface area contributed by atoms with E-state index < -0.39 is 12.0 Å². The molecule has 2 N–H and O–H groups in total. The Morgan fingerprint density at radius 1 is 1.40 bits per heavy atom. The molecule has 0 aliphatic carbocycles. The van der Waals surface area contributed by atoms with Gasteiger partial charge in [-0.25, -0.2) is 9.59 Å². The summed E-state index contributed by atoms with van der Waals surface area (Å²) in [5.41, 5.74) is 0. The zero-order valence-corrected chi connectivity index (χ0v) is 12.5. The fourth-order valence-electron chi connectivity index (χ4n) is 2.73. The number of rotatable bonds is 3. The zero-order chi connectivity index (χ0) is 14.7. The average Bonchev–Trinajstić information content (AvgIpc) is 2.88. The molecule has 5 nitrogen and oxygen atoms in total. The summed E-state index contributed by atoms with van der Waals surface area (Å²) in [6.07, 6.45) is 3.04. The van der Waals surface area contributed by atoms with Gasteiger partial charge in [0.05, 0.1) is 0 Å². The first-order valence-corrected chi connectivity index (χ1v) is 7.73. The fourth-order valence-corrected chi connectivity index (χ4v) is 3.50. The third-order valence-electron chi connectivity index (χ3n) is 3.77. The molecule has 0 radical (unpaired) electrons. The SMILES string of the molecule is CC1CCCC(C)N1C(=O)NC(C(=O)O)c1cccs1. The number of thiophene rings is 1. The molecule has 2 rings (SSSR count). The molecule has 0 bridgehead atoms. The van der Waals surface area contributed by atoms with Crippen LogP contribution in [-0.4, -0.2) is 34.1 Å². The second-order valence-corrected chi connectivity index (χ2v) is 6.25. The molecule has 3 unspecified atom stereocenters. The number of carboxylic acid groups (broad SMARTS) is 1. The minimum atomic E-state index is -1.03. The number of likely N-dealkylation sites (tertiary alicyclic amines) is 1. The van der Waals surface area contributed by atoms with Crippen LogP contribution in [0.3, 0.4) is 0 Å². The molecule has 110 valence electrons. The Labute approximate surface area is 122 Å². The maximum Gasteiger partial charge on any atom is 0.331 e. The van der Waals surface area contributed by atoms with E-state index in [-0.39, 0.29) is 18.1 Å². The van der Waals surface area contributed by atoms with Crippen LogP contribution in [-0.2, 0) is 4.79 Å². The van der Waals surface area contributed by atoms with Crippen molar-refractivity contribution in [3.05, 3.63) is 22.4 Å². The molecule has 1 fully saturated rings. The summed E-state index contributed by atoms with van der Waals surface area (Å²) < 4.78 is 0. The van der Waals surface area contributed by atoms with Crippen molar-refractivity contribution in [1.82, 2.24) is 10.2 Å². The maximum absolute atomic E-state index is 12.4. The molecule has 1 aromatic rings. The third-order valence-corrected chi connectivity index (χ3v) is 4.71. The topological polar surface area (TPSA) is 69.6 Å². The van der Waals surface area contributed by atoms with Crippen LogP contribution in [0.1, 0.15) is 44.0 Å². The highest BCUT2D eigenvalue weighted by molar-refractivity contribution is 7.10. The van der Waals surface area contributed by atoms with E-state index in [4.69, 9.17) is 0 Å². The van der Waals surface area contributed by atoms with Gasteiger partial charge in [-0.2, -0.15) is 0 Å². The summed E-state index contributed by atoms with van der Waals surface area (Å²) in [6, 6.07) is 2.56. The third kappa shape index (κ3) is 3.12. The van der Waals surface area contributed by atoms with Crippen molar-refractivity contribution in [2.75, 3.05) is 0 Å². The van der Waals surface area contributed by atoms with Crippen LogP contribution in [0.15, 0.2) is 17.5 Å². The molecule has 2 amide bonds. The predicted octanol–water partition coefficient (Wildman–Crippen LogP) is 2.85. The molecule has 0 spiro atoms. The Kier molecular flexibility index (Phi) is 4.65. The van der Waals surface area contributed by atoms with Crippen molar-refractivity contribution < 1.29 is 14.7 Å². The van der Waals surface area contributed by atoms with Crippen LogP contribution in [0.5, 0.6) is 0 Å². The van der Waals surface area contributed by atoms with Gasteiger partial charge in [-0.05, 0) is 44.6 Å². The van der Waals surface area contributed by atoms with Crippen LogP contribution >= 0.6 is 11.3 Å². The quantitative estimate of drug-likeness (QED) is 0.901. The van der Waals surface area contributed by atoms with Crippen LogP contribution in [0.4, 0.5) is 4.79 Å². The summed E-state index contributed by atoms with van der Waals surface area (Å²) in [4.78, 5) is 26.2. The van der Waals surface area contributed by atoms with Gasteiger partial charge < -0.3 is 15.3 Å². The normalized spacial score (nSPS) is 24.2. The highest BCUT2D eigenvalue weighted by Crippen LogP contribution is 2.24. The lowest BCUT2D eigenvalue weighted by atomic mass is 9.98. The van der Waals surface area contributed by atoms with Crippen LogP contribution < -0.4 is 5.32 Å². The molecule has 0 saturated carbocycles. The van der Waals surface area contributed by atoms with Gasteiger partial charge in [-0.1, -0.05) is 6.07 Å². The smallest absolute Gasteiger partial charge is 0.331 e. The Hall–Kier alpha value is -1.56. The van der Waals surface area contributed by atoms with Crippen molar-refractivity contribution in [2.24, 2.45) is 0 Å². The standard InChI is InChI=1S/C14H20N2O3S/c1-9-5-3-6-10(2)16(9)14(19)15-12(13(17)18)11-7-4-8-20-11/h4,7-10,12H,3,5-6H2,1-2H3,(H,15,19)(H,17,18).